The maximum absolute atomic E-state index is 4.00. The summed E-state index contributed by atoms with van der Waals surface area (Å²) in [4.78, 5) is 0. The Kier molecular flexibility index (Phi) is 9.37. The molecule has 0 bridgehead atoms. The third kappa shape index (κ3) is 7.73. The predicted molar refractivity (Wildman–Crippen MR) is 75.7 cm³/mol. The Balaban J connectivity index is 4.00. The zero-order valence-electron chi connectivity index (χ0n) is 11.8. The van der Waals surface area contributed by atoms with Crippen molar-refractivity contribution in [3.63, 3.8) is 0 Å². The van der Waals surface area contributed by atoms with Gasteiger partial charge in [-0.3, -0.25) is 0 Å². The van der Waals surface area contributed by atoms with Crippen LogP contribution >= 0.6 is 0 Å². The number of allylic oxidation sites excluding steroid dienone is 3. The first-order valence-corrected chi connectivity index (χ1v) is 6.89. The monoisotopic (exact) mass is 222 g/mol. The normalized spacial score (nSPS) is 15.2. The van der Waals surface area contributed by atoms with Crippen molar-refractivity contribution >= 4 is 0 Å². The van der Waals surface area contributed by atoms with Gasteiger partial charge in [0.1, 0.15) is 0 Å². The molecule has 0 fully saturated rings. The van der Waals surface area contributed by atoms with Crippen LogP contribution in [-0.4, -0.2) is 0 Å². The standard InChI is InChI=1S/C16H30/c1-6-9-10-15(7-2)13-16(8-3)12-11-14(4)5/h6,9,15-16H,4,7-8,10-13H2,1-3,5H3. The molecular weight excluding hydrogens is 192 g/mol. The molecule has 0 nitrogen and oxygen atoms in total. The van der Waals surface area contributed by atoms with Crippen LogP contribution in [-0.2, 0) is 0 Å². The molecule has 0 aliphatic heterocycles. The highest BCUT2D eigenvalue weighted by molar-refractivity contribution is 4.88. The van der Waals surface area contributed by atoms with Gasteiger partial charge in [-0.25, -0.2) is 0 Å². The van der Waals surface area contributed by atoms with E-state index in [9.17, 15) is 0 Å². The van der Waals surface area contributed by atoms with Crippen molar-refractivity contribution in [2.75, 3.05) is 0 Å². The molecule has 0 rings (SSSR count). The maximum atomic E-state index is 4.00. The zero-order valence-corrected chi connectivity index (χ0v) is 11.8. The van der Waals surface area contributed by atoms with E-state index in [-0.39, 0.29) is 0 Å². The van der Waals surface area contributed by atoms with Crippen LogP contribution in [0.15, 0.2) is 24.3 Å². The number of hydrogen-bond donors (Lipinski definition) is 0. The van der Waals surface area contributed by atoms with Gasteiger partial charge in [0.25, 0.3) is 0 Å². The largest absolute Gasteiger partial charge is 0.100 e. The summed E-state index contributed by atoms with van der Waals surface area (Å²) in [7, 11) is 0. The van der Waals surface area contributed by atoms with Crippen molar-refractivity contribution in [1.29, 1.82) is 0 Å². The van der Waals surface area contributed by atoms with Gasteiger partial charge in [0.2, 0.25) is 0 Å². The van der Waals surface area contributed by atoms with Gasteiger partial charge in [0, 0.05) is 0 Å². The Morgan fingerprint density at radius 2 is 1.81 bits per heavy atom. The molecule has 0 heterocycles. The van der Waals surface area contributed by atoms with Crippen molar-refractivity contribution in [2.24, 2.45) is 11.8 Å². The molecule has 0 saturated carbocycles. The summed E-state index contributed by atoms with van der Waals surface area (Å²) in [5.74, 6) is 1.78. The van der Waals surface area contributed by atoms with Gasteiger partial charge in [-0.1, -0.05) is 44.4 Å². The van der Waals surface area contributed by atoms with Crippen LogP contribution in [0.3, 0.4) is 0 Å². The topological polar surface area (TPSA) is 0 Å². The molecule has 2 unspecified atom stereocenters. The third-order valence-corrected chi connectivity index (χ3v) is 3.51. The average molecular weight is 222 g/mol. The van der Waals surface area contributed by atoms with Crippen LogP contribution in [0.4, 0.5) is 0 Å². The first-order chi connectivity index (χ1) is 7.63. The summed E-state index contributed by atoms with van der Waals surface area (Å²) >= 11 is 0. The van der Waals surface area contributed by atoms with Crippen molar-refractivity contribution < 1.29 is 0 Å². The minimum Gasteiger partial charge on any atom is -0.100 e. The Morgan fingerprint density at radius 3 is 2.25 bits per heavy atom. The van der Waals surface area contributed by atoms with Gasteiger partial charge in [-0.2, -0.15) is 0 Å². The fourth-order valence-corrected chi connectivity index (χ4v) is 2.17. The number of hydrogen-bond acceptors (Lipinski definition) is 0. The highest BCUT2D eigenvalue weighted by Crippen LogP contribution is 2.26. The first-order valence-electron chi connectivity index (χ1n) is 6.89. The fraction of sp³-hybridized carbons (Fsp3) is 0.750. The van der Waals surface area contributed by atoms with Gasteiger partial charge < -0.3 is 0 Å². The lowest BCUT2D eigenvalue weighted by Crippen LogP contribution is -2.07. The van der Waals surface area contributed by atoms with Crippen molar-refractivity contribution in [3.8, 4) is 0 Å². The van der Waals surface area contributed by atoms with Crippen molar-refractivity contribution in [2.45, 2.75) is 66.2 Å². The van der Waals surface area contributed by atoms with Crippen LogP contribution < -0.4 is 0 Å². The van der Waals surface area contributed by atoms with Gasteiger partial charge in [-0.05, 0) is 51.4 Å². The Hall–Kier alpha value is -0.520. The van der Waals surface area contributed by atoms with E-state index in [1.807, 2.05) is 0 Å². The molecule has 0 amide bonds. The second kappa shape index (κ2) is 9.69. The quantitative estimate of drug-likeness (QED) is 0.436. The average Bonchev–Trinajstić information content (AvgIpc) is 2.28. The molecule has 0 aromatic rings. The first kappa shape index (κ1) is 15.5. The summed E-state index contributed by atoms with van der Waals surface area (Å²) < 4.78 is 0. The second-order valence-electron chi connectivity index (χ2n) is 5.08. The van der Waals surface area contributed by atoms with Crippen LogP contribution in [0.2, 0.25) is 0 Å². The van der Waals surface area contributed by atoms with E-state index >= 15 is 0 Å². The van der Waals surface area contributed by atoms with E-state index in [1.54, 1.807) is 0 Å². The molecule has 0 heteroatoms. The van der Waals surface area contributed by atoms with Gasteiger partial charge in [0.15, 0.2) is 0 Å². The number of rotatable bonds is 9. The minimum absolute atomic E-state index is 0.881. The lowest BCUT2D eigenvalue weighted by Gasteiger charge is -2.20. The van der Waals surface area contributed by atoms with Gasteiger partial charge in [-0.15, -0.1) is 6.58 Å². The van der Waals surface area contributed by atoms with E-state index in [0.29, 0.717) is 0 Å². The SMILES string of the molecule is C=C(C)CCC(CC)CC(CC)CC=CC. The smallest absolute Gasteiger partial charge is 0.0322 e. The van der Waals surface area contributed by atoms with E-state index < -0.39 is 0 Å². The predicted octanol–water partition coefficient (Wildman–Crippen LogP) is 5.75. The lowest BCUT2D eigenvalue weighted by atomic mass is 9.85. The molecule has 0 radical (unpaired) electrons. The second-order valence-corrected chi connectivity index (χ2v) is 5.08. The lowest BCUT2D eigenvalue weighted by molar-refractivity contribution is 0.338. The van der Waals surface area contributed by atoms with Crippen LogP contribution in [0.5, 0.6) is 0 Å². The summed E-state index contributed by atoms with van der Waals surface area (Å²) in [6, 6.07) is 0. The minimum atomic E-state index is 0.881. The maximum Gasteiger partial charge on any atom is -0.0322 e. The van der Waals surface area contributed by atoms with Crippen LogP contribution in [0.1, 0.15) is 66.2 Å². The van der Waals surface area contributed by atoms with Crippen molar-refractivity contribution in [3.05, 3.63) is 24.3 Å². The summed E-state index contributed by atoms with van der Waals surface area (Å²) in [6.45, 7) is 12.9. The van der Waals surface area contributed by atoms with Crippen LogP contribution in [0, 0.1) is 11.8 Å². The van der Waals surface area contributed by atoms with E-state index in [1.165, 1.54) is 44.1 Å². The van der Waals surface area contributed by atoms with E-state index in [2.05, 4.69) is 46.4 Å². The Morgan fingerprint density at radius 1 is 1.19 bits per heavy atom. The molecule has 16 heavy (non-hydrogen) atoms. The molecule has 0 N–H and O–H groups in total. The summed E-state index contributed by atoms with van der Waals surface area (Å²) in [5.41, 5.74) is 1.33. The van der Waals surface area contributed by atoms with Crippen LogP contribution in [0.25, 0.3) is 0 Å². The molecule has 0 saturated heterocycles. The third-order valence-electron chi connectivity index (χ3n) is 3.51. The van der Waals surface area contributed by atoms with Gasteiger partial charge >= 0.3 is 0 Å². The molecule has 2 atom stereocenters. The van der Waals surface area contributed by atoms with E-state index in [4.69, 9.17) is 0 Å². The highest BCUT2D eigenvalue weighted by Gasteiger charge is 2.12. The fourth-order valence-electron chi connectivity index (χ4n) is 2.17. The van der Waals surface area contributed by atoms with Gasteiger partial charge in [0.05, 0.1) is 0 Å². The molecule has 0 aromatic carbocycles. The highest BCUT2D eigenvalue weighted by atomic mass is 14.2. The summed E-state index contributed by atoms with van der Waals surface area (Å²) in [6.07, 6.45) is 12.3. The Labute approximate surface area is 103 Å². The molecule has 0 spiro atoms. The molecule has 94 valence electrons. The molecule has 0 aromatic heterocycles. The molecule has 0 aliphatic carbocycles. The Bertz CT molecular complexity index is 200. The zero-order chi connectivity index (χ0) is 12.4. The molecular formula is C16H30. The van der Waals surface area contributed by atoms with E-state index in [0.717, 1.165) is 11.8 Å². The molecule has 0 aliphatic rings. The van der Waals surface area contributed by atoms with Crippen molar-refractivity contribution in [1.82, 2.24) is 0 Å². The summed E-state index contributed by atoms with van der Waals surface area (Å²) in [5, 5.41) is 0.